The molecule has 0 unspecified atom stereocenters. The van der Waals surface area contributed by atoms with Gasteiger partial charge in [0.2, 0.25) is 5.91 Å². The molecule has 6 nitrogen and oxygen atoms in total. The van der Waals surface area contributed by atoms with Gasteiger partial charge in [0.25, 0.3) is 11.5 Å². The van der Waals surface area contributed by atoms with Crippen LogP contribution in [-0.4, -0.2) is 53.3 Å². The second-order valence-electron chi connectivity index (χ2n) is 6.60. The van der Waals surface area contributed by atoms with Gasteiger partial charge in [-0.15, -0.1) is 0 Å². The third-order valence-corrected chi connectivity index (χ3v) is 5.37. The van der Waals surface area contributed by atoms with Gasteiger partial charge in [-0.3, -0.25) is 14.4 Å². The first-order chi connectivity index (χ1) is 10.9. The summed E-state index contributed by atoms with van der Waals surface area (Å²) in [4.78, 5) is 42.2. The van der Waals surface area contributed by atoms with Crippen LogP contribution >= 0.6 is 11.6 Å². The Kier molecular flexibility index (Phi) is 4.19. The van der Waals surface area contributed by atoms with Gasteiger partial charge in [0.15, 0.2) is 0 Å². The molecule has 23 heavy (non-hydrogen) atoms. The van der Waals surface area contributed by atoms with Crippen LogP contribution in [0.25, 0.3) is 0 Å². The lowest BCUT2D eigenvalue weighted by atomic mass is 9.88. The summed E-state index contributed by atoms with van der Waals surface area (Å²) in [5, 5.41) is 0.327. The summed E-state index contributed by atoms with van der Waals surface area (Å²) in [6.07, 6.45) is 3.59. The highest BCUT2D eigenvalue weighted by Gasteiger charge is 2.42. The maximum Gasteiger partial charge on any atom is 0.260 e. The Bertz CT molecular complexity index is 702. The van der Waals surface area contributed by atoms with Gasteiger partial charge < -0.3 is 14.8 Å². The highest BCUT2D eigenvalue weighted by Crippen LogP contribution is 2.40. The maximum atomic E-state index is 12.6. The number of carbonyl (C=O) groups is 2. The molecule has 1 saturated carbocycles. The molecular weight excluding hydrogens is 318 g/mol. The lowest BCUT2D eigenvalue weighted by Gasteiger charge is -2.31. The fourth-order valence-electron chi connectivity index (χ4n) is 3.78. The molecule has 7 heteroatoms. The highest BCUT2D eigenvalue weighted by atomic mass is 35.5. The van der Waals surface area contributed by atoms with Crippen molar-refractivity contribution >= 4 is 23.4 Å². The van der Waals surface area contributed by atoms with Crippen LogP contribution in [0.3, 0.4) is 0 Å². The number of amides is 2. The first kappa shape index (κ1) is 16.1. The van der Waals surface area contributed by atoms with Crippen LogP contribution in [0.2, 0.25) is 5.02 Å². The Balaban J connectivity index is 1.75. The molecule has 1 N–H and O–H groups in total. The fraction of sp³-hybridized carbons (Fsp3) is 0.562. The van der Waals surface area contributed by atoms with Crippen molar-refractivity contribution in [2.75, 3.05) is 20.6 Å². The predicted octanol–water partition coefficient (Wildman–Crippen LogP) is 1.36. The van der Waals surface area contributed by atoms with E-state index in [0.717, 1.165) is 19.4 Å². The average molecular weight is 338 g/mol. The topological polar surface area (TPSA) is 73.5 Å². The first-order valence-corrected chi connectivity index (χ1v) is 8.14. The van der Waals surface area contributed by atoms with Crippen molar-refractivity contribution < 1.29 is 9.59 Å². The number of halogens is 1. The van der Waals surface area contributed by atoms with Gasteiger partial charge in [-0.1, -0.05) is 11.6 Å². The van der Waals surface area contributed by atoms with E-state index in [1.165, 1.54) is 12.3 Å². The Morgan fingerprint density at radius 2 is 2.04 bits per heavy atom. The van der Waals surface area contributed by atoms with E-state index in [1.807, 2.05) is 7.05 Å². The first-order valence-electron chi connectivity index (χ1n) is 7.76. The van der Waals surface area contributed by atoms with Crippen LogP contribution < -0.4 is 5.56 Å². The third-order valence-electron chi connectivity index (χ3n) is 5.15. The summed E-state index contributed by atoms with van der Waals surface area (Å²) in [5.41, 5.74) is -0.375. The van der Waals surface area contributed by atoms with E-state index >= 15 is 0 Å². The van der Waals surface area contributed by atoms with Gasteiger partial charge in [-0.2, -0.15) is 0 Å². The zero-order chi connectivity index (χ0) is 16.7. The van der Waals surface area contributed by atoms with Crippen LogP contribution in [0, 0.1) is 11.8 Å². The third kappa shape index (κ3) is 3.00. The normalized spacial score (nSPS) is 27.0. The van der Waals surface area contributed by atoms with Crippen molar-refractivity contribution in [1.82, 2.24) is 14.8 Å². The van der Waals surface area contributed by atoms with E-state index in [2.05, 4.69) is 4.98 Å². The minimum absolute atomic E-state index is 0.0511. The smallest absolute Gasteiger partial charge is 0.260 e. The number of piperidine rings is 1. The number of hydrogen-bond acceptors (Lipinski definition) is 3. The number of fused-ring (bicyclic) bond motifs is 1. The van der Waals surface area contributed by atoms with Crippen LogP contribution in [0.15, 0.2) is 17.1 Å². The molecule has 2 amide bonds. The second kappa shape index (κ2) is 6.00. The molecule has 124 valence electrons. The van der Waals surface area contributed by atoms with Crippen molar-refractivity contribution in [1.29, 1.82) is 0 Å². The molecule has 1 saturated heterocycles. The minimum Gasteiger partial charge on any atom is -0.345 e. The predicted molar refractivity (Wildman–Crippen MR) is 86.4 cm³/mol. The van der Waals surface area contributed by atoms with Crippen molar-refractivity contribution in [2.24, 2.45) is 11.8 Å². The van der Waals surface area contributed by atoms with E-state index in [0.29, 0.717) is 23.3 Å². The monoisotopic (exact) mass is 337 g/mol. The molecule has 2 heterocycles. The van der Waals surface area contributed by atoms with Gasteiger partial charge in [-0.05, 0) is 30.7 Å². The Morgan fingerprint density at radius 1 is 1.35 bits per heavy atom. The number of nitrogens with zero attached hydrogens (tertiary/aromatic N) is 2. The maximum absolute atomic E-state index is 12.6. The van der Waals surface area contributed by atoms with Crippen molar-refractivity contribution in [2.45, 2.75) is 25.3 Å². The number of aromatic nitrogens is 1. The number of likely N-dealkylation sites (tertiary alicyclic amines) is 1. The number of H-pyrrole nitrogens is 1. The van der Waals surface area contributed by atoms with E-state index in [4.69, 9.17) is 11.6 Å². The number of hydrogen-bond donors (Lipinski definition) is 1. The highest BCUT2D eigenvalue weighted by molar-refractivity contribution is 6.30. The average Bonchev–Trinajstić information content (AvgIpc) is 2.91. The van der Waals surface area contributed by atoms with Gasteiger partial charge in [0, 0.05) is 39.3 Å². The van der Waals surface area contributed by atoms with E-state index in [-0.39, 0.29) is 23.4 Å². The summed E-state index contributed by atoms with van der Waals surface area (Å²) >= 11 is 5.87. The molecule has 2 aliphatic rings. The number of pyridine rings is 1. The van der Waals surface area contributed by atoms with Gasteiger partial charge in [0.05, 0.1) is 5.02 Å². The molecule has 3 atom stereocenters. The van der Waals surface area contributed by atoms with Crippen LogP contribution in [0.5, 0.6) is 0 Å². The molecule has 0 bridgehead atoms. The molecule has 2 fully saturated rings. The molecule has 3 rings (SSSR count). The van der Waals surface area contributed by atoms with Crippen LogP contribution in [0.4, 0.5) is 0 Å². The van der Waals surface area contributed by atoms with E-state index in [1.54, 1.807) is 16.8 Å². The van der Waals surface area contributed by atoms with E-state index in [9.17, 15) is 14.4 Å². The number of aromatic amines is 1. The lowest BCUT2D eigenvalue weighted by molar-refractivity contribution is -0.134. The largest absolute Gasteiger partial charge is 0.345 e. The Hall–Kier alpha value is -1.82. The standard InChI is InChI=1S/C16H20ClN3O3/c1-19-8-10-4-12(3-9(10)5-14(19)21)20(2)16(23)13-6-11(17)7-18-15(13)22/h6-7,9-10,12H,3-5,8H2,1-2H3,(H,18,22)/t9-,10+,12-/m1/s1. The zero-order valence-corrected chi connectivity index (χ0v) is 14.0. The molecule has 1 aliphatic carbocycles. The molecule has 1 aliphatic heterocycles. The molecule has 0 radical (unpaired) electrons. The molecular formula is C16H20ClN3O3. The number of rotatable bonds is 2. The van der Waals surface area contributed by atoms with Crippen molar-refractivity contribution in [3.63, 3.8) is 0 Å². The number of carbonyl (C=O) groups excluding carboxylic acids is 2. The quantitative estimate of drug-likeness (QED) is 0.885. The SMILES string of the molecule is CN1C[C@@H]2C[C@H](N(C)C(=O)c3cc(Cl)c[nH]c3=O)C[C@@H]2CC1=O. The van der Waals surface area contributed by atoms with Crippen LogP contribution in [0.1, 0.15) is 29.6 Å². The summed E-state index contributed by atoms with van der Waals surface area (Å²) in [6.45, 7) is 0.750. The van der Waals surface area contributed by atoms with Crippen molar-refractivity contribution in [3.8, 4) is 0 Å². The van der Waals surface area contributed by atoms with Crippen LogP contribution in [-0.2, 0) is 4.79 Å². The van der Waals surface area contributed by atoms with Crippen molar-refractivity contribution in [3.05, 3.63) is 33.2 Å². The summed E-state index contributed by atoms with van der Waals surface area (Å²) in [6, 6.07) is 1.45. The Morgan fingerprint density at radius 3 is 2.78 bits per heavy atom. The summed E-state index contributed by atoms with van der Waals surface area (Å²) in [5.74, 6) is 0.608. The Labute approximate surface area is 139 Å². The zero-order valence-electron chi connectivity index (χ0n) is 13.2. The minimum atomic E-state index is -0.434. The van der Waals surface area contributed by atoms with Gasteiger partial charge in [-0.25, -0.2) is 0 Å². The summed E-state index contributed by atoms with van der Waals surface area (Å²) < 4.78 is 0. The summed E-state index contributed by atoms with van der Waals surface area (Å²) in [7, 11) is 3.54. The lowest BCUT2D eigenvalue weighted by Crippen LogP contribution is -2.40. The van der Waals surface area contributed by atoms with Gasteiger partial charge in [0.1, 0.15) is 5.56 Å². The number of nitrogens with one attached hydrogen (secondary N) is 1. The molecule has 0 aromatic carbocycles. The van der Waals surface area contributed by atoms with Gasteiger partial charge >= 0.3 is 0 Å². The fourth-order valence-corrected chi connectivity index (χ4v) is 3.94. The van der Waals surface area contributed by atoms with E-state index < -0.39 is 5.56 Å². The molecule has 1 aromatic rings. The molecule has 1 aromatic heterocycles. The molecule has 0 spiro atoms. The second-order valence-corrected chi connectivity index (χ2v) is 7.04.